The fourth-order valence-electron chi connectivity index (χ4n) is 5.72. The van der Waals surface area contributed by atoms with Gasteiger partial charge in [-0.3, -0.25) is 19.5 Å². The average molecular weight is 593 g/mol. The largest absolute Gasteiger partial charge is 0.311 e. The Kier molecular flexibility index (Phi) is 7.05. The van der Waals surface area contributed by atoms with Gasteiger partial charge < -0.3 is 4.90 Å². The molecular weight excluding hydrogens is 564 g/mol. The number of hydrogen-bond donors (Lipinski definition) is 0. The van der Waals surface area contributed by atoms with Crippen LogP contribution in [0.25, 0.3) is 50.8 Å². The summed E-state index contributed by atoms with van der Waals surface area (Å²) >= 11 is 0. The van der Waals surface area contributed by atoms with Crippen LogP contribution in [-0.2, 0) is 0 Å². The normalized spacial score (nSPS) is 11.0. The van der Waals surface area contributed by atoms with Crippen molar-refractivity contribution in [3.8, 4) is 39.7 Å². The lowest BCUT2D eigenvalue weighted by Gasteiger charge is -2.25. The monoisotopic (exact) mass is 592 g/mol. The number of aromatic nitrogens is 5. The van der Waals surface area contributed by atoms with Crippen LogP contribution in [0.5, 0.6) is 0 Å². The van der Waals surface area contributed by atoms with Gasteiger partial charge in [-0.1, -0.05) is 78.9 Å². The number of hydrogen-bond acceptors (Lipinski definition) is 5. The highest BCUT2D eigenvalue weighted by atomic mass is 15.1. The summed E-state index contributed by atoms with van der Waals surface area (Å²) in [5.74, 6) is 0.793. The Labute approximate surface area is 267 Å². The van der Waals surface area contributed by atoms with E-state index in [9.17, 15) is 0 Å². The zero-order chi connectivity index (χ0) is 30.7. The molecule has 0 radical (unpaired) electrons. The van der Waals surface area contributed by atoms with Gasteiger partial charge in [-0.25, -0.2) is 4.98 Å². The highest BCUT2D eigenvalue weighted by Gasteiger charge is 2.16. The molecule has 0 spiro atoms. The number of anilines is 3. The number of pyridine rings is 1. The molecule has 0 aliphatic heterocycles. The number of para-hydroxylation sites is 5. The van der Waals surface area contributed by atoms with E-state index < -0.39 is 0 Å². The van der Waals surface area contributed by atoms with E-state index >= 15 is 0 Å². The van der Waals surface area contributed by atoms with E-state index in [1.54, 1.807) is 6.20 Å². The topological polar surface area (TPSA) is 59.7 Å². The van der Waals surface area contributed by atoms with Crippen LogP contribution in [-0.4, -0.2) is 24.5 Å². The lowest BCUT2D eigenvalue weighted by Crippen LogP contribution is -2.09. The Morgan fingerprint density at radius 3 is 1.54 bits per heavy atom. The quantitative estimate of drug-likeness (QED) is 0.184. The maximum atomic E-state index is 4.93. The first-order valence-electron chi connectivity index (χ1n) is 15.1. The Morgan fingerprint density at radius 1 is 0.413 bits per heavy atom. The molecule has 8 rings (SSSR count). The fourth-order valence-corrected chi connectivity index (χ4v) is 5.72. The van der Waals surface area contributed by atoms with Crippen LogP contribution in [0.4, 0.5) is 17.1 Å². The van der Waals surface area contributed by atoms with Gasteiger partial charge in [0.1, 0.15) is 5.69 Å². The number of nitrogens with zero attached hydrogens (tertiary/aromatic N) is 6. The molecular formula is C40H28N6. The van der Waals surface area contributed by atoms with Gasteiger partial charge in [0.2, 0.25) is 0 Å². The maximum absolute atomic E-state index is 4.93. The average Bonchev–Trinajstić information content (AvgIpc) is 3.53. The molecule has 0 N–H and O–H groups in total. The van der Waals surface area contributed by atoms with Crippen LogP contribution in [0.2, 0.25) is 0 Å². The Hall–Kier alpha value is -6.40. The van der Waals surface area contributed by atoms with Crippen molar-refractivity contribution in [3.05, 3.63) is 170 Å². The van der Waals surface area contributed by atoms with Crippen molar-refractivity contribution in [1.82, 2.24) is 24.5 Å². The molecule has 8 aromatic rings. The van der Waals surface area contributed by atoms with Gasteiger partial charge in [-0.05, 0) is 72.8 Å². The van der Waals surface area contributed by atoms with Gasteiger partial charge in [0, 0.05) is 40.1 Å². The van der Waals surface area contributed by atoms with Crippen LogP contribution in [0, 0.1) is 0 Å². The zero-order valence-corrected chi connectivity index (χ0v) is 24.8. The third kappa shape index (κ3) is 5.18. The highest BCUT2D eigenvalue weighted by Crippen LogP contribution is 2.35. The molecule has 0 saturated carbocycles. The lowest BCUT2D eigenvalue weighted by atomic mass is 10.1. The van der Waals surface area contributed by atoms with E-state index in [-0.39, 0.29) is 0 Å². The standard InChI is InChI=1S/C40H28N6/c1-4-12-31(13-5-1)45(32-14-6-2-7-15-32)34-23-20-29(21-24-34)37-27-43-38(28-42-37)30-22-25-36(41-26-30)40-44-35-18-10-11-19-39(35)46(40)33-16-8-3-9-17-33/h1-28H. The molecule has 0 unspecified atom stereocenters. The summed E-state index contributed by atoms with van der Waals surface area (Å²) in [6.07, 6.45) is 5.46. The molecule has 0 amide bonds. The first-order chi connectivity index (χ1) is 22.8. The molecule has 6 heteroatoms. The van der Waals surface area contributed by atoms with Gasteiger partial charge >= 0.3 is 0 Å². The molecule has 0 saturated heterocycles. The molecule has 0 atom stereocenters. The van der Waals surface area contributed by atoms with Crippen LogP contribution in [0.15, 0.2) is 170 Å². The fraction of sp³-hybridized carbons (Fsp3) is 0. The van der Waals surface area contributed by atoms with Crippen LogP contribution in [0.1, 0.15) is 0 Å². The van der Waals surface area contributed by atoms with Crippen molar-refractivity contribution < 1.29 is 0 Å². The summed E-state index contributed by atoms with van der Waals surface area (Å²) in [5.41, 5.74) is 10.5. The van der Waals surface area contributed by atoms with E-state index in [1.165, 1.54) is 0 Å². The predicted molar refractivity (Wildman–Crippen MR) is 185 cm³/mol. The third-order valence-corrected chi connectivity index (χ3v) is 7.97. The van der Waals surface area contributed by atoms with Gasteiger partial charge in [0.15, 0.2) is 5.82 Å². The number of rotatable bonds is 7. The summed E-state index contributed by atoms with van der Waals surface area (Å²) in [7, 11) is 0. The summed E-state index contributed by atoms with van der Waals surface area (Å²) in [5, 5.41) is 0. The minimum Gasteiger partial charge on any atom is -0.311 e. The molecule has 0 aliphatic carbocycles. The van der Waals surface area contributed by atoms with Crippen molar-refractivity contribution in [1.29, 1.82) is 0 Å². The highest BCUT2D eigenvalue weighted by molar-refractivity contribution is 5.83. The predicted octanol–water partition coefficient (Wildman–Crippen LogP) is 9.68. The summed E-state index contributed by atoms with van der Waals surface area (Å²) < 4.78 is 2.15. The minimum absolute atomic E-state index is 0.760. The van der Waals surface area contributed by atoms with Crippen LogP contribution >= 0.6 is 0 Å². The molecule has 0 fully saturated rings. The summed E-state index contributed by atoms with van der Waals surface area (Å²) in [6.45, 7) is 0. The zero-order valence-electron chi connectivity index (χ0n) is 24.8. The van der Waals surface area contributed by atoms with Gasteiger partial charge in [-0.2, -0.15) is 0 Å². The molecule has 5 aromatic carbocycles. The van der Waals surface area contributed by atoms with E-state index in [4.69, 9.17) is 19.9 Å². The van der Waals surface area contributed by atoms with Crippen LogP contribution < -0.4 is 4.90 Å². The SMILES string of the molecule is c1ccc(N(c2ccccc2)c2ccc(-c3cnc(-c4ccc(-c5nc6ccccc6n5-c5ccccc5)nc4)cn3)cc2)cc1. The Morgan fingerprint density at radius 2 is 0.935 bits per heavy atom. The second-order valence-corrected chi connectivity index (χ2v) is 10.9. The second kappa shape index (κ2) is 11.9. The van der Waals surface area contributed by atoms with E-state index in [1.807, 2.05) is 73.1 Å². The van der Waals surface area contributed by atoms with E-state index in [2.05, 4.69) is 100 Å². The third-order valence-electron chi connectivity index (χ3n) is 7.97. The molecule has 3 heterocycles. The van der Waals surface area contributed by atoms with Crippen molar-refractivity contribution in [3.63, 3.8) is 0 Å². The number of imidazole rings is 1. The first kappa shape index (κ1) is 27.2. The van der Waals surface area contributed by atoms with Crippen molar-refractivity contribution in [2.45, 2.75) is 0 Å². The second-order valence-electron chi connectivity index (χ2n) is 10.9. The molecule has 0 aliphatic rings. The van der Waals surface area contributed by atoms with Gasteiger partial charge in [0.25, 0.3) is 0 Å². The lowest BCUT2D eigenvalue weighted by molar-refractivity contribution is 1.08. The Balaban J connectivity index is 1.06. The van der Waals surface area contributed by atoms with Crippen molar-refractivity contribution in [2.75, 3.05) is 4.90 Å². The molecule has 218 valence electrons. The van der Waals surface area contributed by atoms with E-state index in [0.29, 0.717) is 0 Å². The van der Waals surface area contributed by atoms with E-state index in [0.717, 1.165) is 67.8 Å². The molecule has 3 aromatic heterocycles. The minimum atomic E-state index is 0.760. The van der Waals surface area contributed by atoms with Gasteiger partial charge in [-0.15, -0.1) is 0 Å². The van der Waals surface area contributed by atoms with Crippen LogP contribution in [0.3, 0.4) is 0 Å². The number of benzene rings is 5. The van der Waals surface area contributed by atoms with Gasteiger partial charge in [0.05, 0.1) is 34.8 Å². The van der Waals surface area contributed by atoms with Crippen molar-refractivity contribution in [2.24, 2.45) is 0 Å². The molecule has 46 heavy (non-hydrogen) atoms. The summed E-state index contributed by atoms with van der Waals surface area (Å²) in [6, 6.07) is 51.6. The smallest absolute Gasteiger partial charge is 0.164 e. The molecule has 0 bridgehead atoms. The summed E-state index contributed by atoms with van der Waals surface area (Å²) in [4.78, 5) is 21.5. The molecule has 6 nitrogen and oxygen atoms in total. The Bertz CT molecular complexity index is 2170. The number of fused-ring (bicyclic) bond motifs is 1. The maximum Gasteiger partial charge on any atom is 0.164 e. The van der Waals surface area contributed by atoms with Crippen molar-refractivity contribution >= 4 is 28.1 Å². The first-order valence-corrected chi connectivity index (χ1v) is 15.1.